The molecule has 4 nitrogen and oxygen atoms in total. The summed E-state index contributed by atoms with van der Waals surface area (Å²) in [6.07, 6.45) is 0. The van der Waals surface area contributed by atoms with Crippen molar-refractivity contribution in [2.45, 2.75) is 0 Å². The zero-order valence-corrected chi connectivity index (χ0v) is 11.1. The highest BCUT2D eigenvalue weighted by Crippen LogP contribution is 2.18. The van der Waals surface area contributed by atoms with Crippen molar-refractivity contribution in [3.05, 3.63) is 29.6 Å². The average Bonchev–Trinajstić information content (AvgIpc) is 2.42. The highest BCUT2D eigenvalue weighted by molar-refractivity contribution is 5.81. The predicted molar refractivity (Wildman–Crippen MR) is 68.9 cm³/mol. The summed E-state index contributed by atoms with van der Waals surface area (Å²) in [4.78, 5) is 15.7. The number of nitrogens with zero attached hydrogens (tertiary/aromatic N) is 2. The highest BCUT2D eigenvalue weighted by Gasteiger charge is 2.19. The van der Waals surface area contributed by atoms with E-state index >= 15 is 0 Å². The molecule has 1 aromatic rings. The van der Waals surface area contributed by atoms with E-state index in [4.69, 9.17) is 0 Å². The van der Waals surface area contributed by atoms with Crippen LogP contribution in [0.2, 0.25) is 0 Å². The van der Waals surface area contributed by atoms with Crippen LogP contribution in [0.25, 0.3) is 0 Å². The van der Waals surface area contributed by atoms with Crippen molar-refractivity contribution in [2.75, 3.05) is 45.1 Å². The lowest BCUT2D eigenvalue weighted by atomic mass is 10.2. The lowest BCUT2D eigenvalue weighted by Crippen LogP contribution is -2.48. The molecule has 1 amide bonds. The average molecular weight is 287 g/mol. The molecule has 1 aliphatic rings. The Morgan fingerprint density at radius 3 is 2.35 bits per heavy atom. The molecule has 1 saturated heterocycles. The van der Waals surface area contributed by atoms with E-state index in [-0.39, 0.29) is 18.1 Å². The summed E-state index contributed by atoms with van der Waals surface area (Å²) < 4.78 is 39.1. The molecular weight excluding hydrogens is 271 g/mol. The summed E-state index contributed by atoms with van der Waals surface area (Å²) in [7, 11) is 1.97. The van der Waals surface area contributed by atoms with Crippen molar-refractivity contribution in [2.24, 2.45) is 0 Å². The number of nitrogens with one attached hydrogen (secondary N) is 1. The molecule has 0 aliphatic carbocycles. The first kappa shape index (κ1) is 14.6. The molecule has 0 radical (unpaired) electrons. The molecule has 0 atom stereocenters. The van der Waals surface area contributed by atoms with Crippen LogP contribution in [-0.2, 0) is 4.79 Å². The normalized spacial score (nSPS) is 16.3. The van der Waals surface area contributed by atoms with E-state index < -0.39 is 17.5 Å². The van der Waals surface area contributed by atoms with Crippen molar-refractivity contribution in [3.63, 3.8) is 0 Å². The summed E-state index contributed by atoms with van der Waals surface area (Å²) in [6, 6.07) is 1.17. The standard InChI is InChI=1S/C13H16F3N3O/c1-18-2-4-19(5-3-18)13(20)8-17-12-7-10(15)9(14)6-11(12)16/h6-7,17H,2-5,8H2,1H3. The summed E-state index contributed by atoms with van der Waals surface area (Å²) in [5.74, 6) is -3.52. The third-order valence-electron chi connectivity index (χ3n) is 3.30. The van der Waals surface area contributed by atoms with E-state index in [0.29, 0.717) is 25.2 Å². The summed E-state index contributed by atoms with van der Waals surface area (Å²) in [5, 5.41) is 2.50. The Morgan fingerprint density at radius 1 is 1.10 bits per heavy atom. The highest BCUT2D eigenvalue weighted by atomic mass is 19.2. The van der Waals surface area contributed by atoms with Gasteiger partial charge in [-0.1, -0.05) is 0 Å². The van der Waals surface area contributed by atoms with Crippen LogP contribution in [0, 0.1) is 17.5 Å². The van der Waals surface area contributed by atoms with Gasteiger partial charge in [0, 0.05) is 38.3 Å². The van der Waals surface area contributed by atoms with Gasteiger partial charge in [0.25, 0.3) is 0 Å². The first-order chi connectivity index (χ1) is 9.47. The van der Waals surface area contributed by atoms with Crippen molar-refractivity contribution in [1.29, 1.82) is 0 Å². The topological polar surface area (TPSA) is 35.6 Å². The Labute approximate surface area is 115 Å². The van der Waals surface area contributed by atoms with E-state index in [1.54, 1.807) is 4.90 Å². The Morgan fingerprint density at radius 2 is 1.70 bits per heavy atom. The minimum atomic E-state index is -1.25. The second-order valence-electron chi connectivity index (χ2n) is 4.78. The smallest absolute Gasteiger partial charge is 0.241 e. The molecule has 2 rings (SSSR count). The van der Waals surface area contributed by atoms with E-state index in [9.17, 15) is 18.0 Å². The lowest BCUT2D eigenvalue weighted by Gasteiger charge is -2.32. The Balaban J connectivity index is 1.92. The van der Waals surface area contributed by atoms with E-state index in [1.165, 1.54) is 0 Å². The van der Waals surface area contributed by atoms with Gasteiger partial charge in [-0.3, -0.25) is 4.79 Å². The zero-order valence-electron chi connectivity index (χ0n) is 11.1. The Bertz CT molecular complexity index is 502. The number of likely N-dealkylation sites (N-methyl/N-ethyl adjacent to an activating group) is 1. The quantitative estimate of drug-likeness (QED) is 0.851. The minimum Gasteiger partial charge on any atom is -0.374 e. The van der Waals surface area contributed by atoms with Crippen LogP contribution in [0.4, 0.5) is 18.9 Å². The molecule has 0 bridgehead atoms. The number of hydrogen-bond donors (Lipinski definition) is 1. The number of anilines is 1. The first-order valence-corrected chi connectivity index (χ1v) is 6.32. The van der Waals surface area contributed by atoms with Gasteiger partial charge in [0.05, 0.1) is 12.2 Å². The number of carbonyl (C=O) groups is 1. The van der Waals surface area contributed by atoms with Gasteiger partial charge in [-0.2, -0.15) is 0 Å². The van der Waals surface area contributed by atoms with Gasteiger partial charge in [-0.25, -0.2) is 13.2 Å². The fraction of sp³-hybridized carbons (Fsp3) is 0.462. The predicted octanol–water partition coefficient (Wildman–Crippen LogP) is 1.29. The van der Waals surface area contributed by atoms with Gasteiger partial charge in [0.1, 0.15) is 5.82 Å². The van der Waals surface area contributed by atoms with Crippen LogP contribution < -0.4 is 5.32 Å². The van der Waals surface area contributed by atoms with E-state index in [2.05, 4.69) is 10.2 Å². The molecule has 0 saturated carbocycles. The SMILES string of the molecule is CN1CCN(C(=O)CNc2cc(F)c(F)cc2F)CC1. The number of halogens is 3. The van der Waals surface area contributed by atoms with Gasteiger partial charge in [0.15, 0.2) is 11.6 Å². The first-order valence-electron chi connectivity index (χ1n) is 6.32. The molecule has 0 aromatic heterocycles. The minimum absolute atomic E-state index is 0.147. The van der Waals surface area contributed by atoms with Crippen molar-refractivity contribution in [3.8, 4) is 0 Å². The van der Waals surface area contributed by atoms with Crippen LogP contribution in [0.1, 0.15) is 0 Å². The van der Waals surface area contributed by atoms with Crippen LogP contribution in [0.15, 0.2) is 12.1 Å². The Hall–Kier alpha value is -1.76. The molecule has 0 spiro atoms. The molecule has 0 unspecified atom stereocenters. The number of carbonyl (C=O) groups excluding carboxylic acids is 1. The molecule has 20 heavy (non-hydrogen) atoms. The van der Waals surface area contributed by atoms with Gasteiger partial charge >= 0.3 is 0 Å². The van der Waals surface area contributed by atoms with Crippen LogP contribution in [0.5, 0.6) is 0 Å². The maximum atomic E-state index is 13.4. The van der Waals surface area contributed by atoms with Crippen molar-refractivity contribution >= 4 is 11.6 Å². The number of piperazine rings is 1. The monoisotopic (exact) mass is 287 g/mol. The molecule has 110 valence electrons. The second kappa shape index (κ2) is 6.13. The van der Waals surface area contributed by atoms with Gasteiger partial charge in [-0.05, 0) is 7.05 Å². The van der Waals surface area contributed by atoms with Crippen molar-refractivity contribution in [1.82, 2.24) is 9.80 Å². The van der Waals surface area contributed by atoms with Gasteiger partial charge < -0.3 is 15.1 Å². The van der Waals surface area contributed by atoms with E-state index in [0.717, 1.165) is 13.1 Å². The largest absolute Gasteiger partial charge is 0.374 e. The summed E-state index contributed by atoms with van der Waals surface area (Å²) in [6.45, 7) is 2.64. The molecule has 1 N–H and O–H groups in total. The molecule has 7 heteroatoms. The maximum Gasteiger partial charge on any atom is 0.241 e. The summed E-state index contributed by atoms with van der Waals surface area (Å²) >= 11 is 0. The molecule has 1 aliphatic heterocycles. The van der Waals surface area contributed by atoms with Crippen molar-refractivity contribution < 1.29 is 18.0 Å². The fourth-order valence-corrected chi connectivity index (χ4v) is 2.00. The second-order valence-corrected chi connectivity index (χ2v) is 4.78. The lowest BCUT2D eigenvalue weighted by molar-refractivity contribution is -0.130. The zero-order chi connectivity index (χ0) is 14.7. The van der Waals surface area contributed by atoms with Gasteiger partial charge in [-0.15, -0.1) is 0 Å². The Kier molecular flexibility index (Phi) is 4.49. The molecular formula is C13H16F3N3O. The van der Waals surface area contributed by atoms with E-state index in [1.807, 2.05) is 7.05 Å². The third-order valence-corrected chi connectivity index (χ3v) is 3.30. The number of benzene rings is 1. The maximum absolute atomic E-state index is 13.4. The third kappa shape index (κ3) is 3.41. The summed E-state index contributed by atoms with van der Waals surface area (Å²) in [5.41, 5.74) is -0.216. The van der Waals surface area contributed by atoms with Gasteiger partial charge in [0.2, 0.25) is 5.91 Å². The fourth-order valence-electron chi connectivity index (χ4n) is 2.00. The van der Waals surface area contributed by atoms with Crippen LogP contribution >= 0.6 is 0 Å². The number of hydrogen-bond acceptors (Lipinski definition) is 3. The molecule has 1 aromatic carbocycles. The molecule has 1 heterocycles. The molecule has 1 fully saturated rings. The van der Waals surface area contributed by atoms with Crippen LogP contribution in [-0.4, -0.2) is 55.5 Å². The van der Waals surface area contributed by atoms with Crippen LogP contribution in [0.3, 0.4) is 0 Å². The number of amides is 1. The number of rotatable bonds is 3.